The summed E-state index contributed by atoms with van der Waals surface area (Å²) >= 11 is 0. The molecule has 0 radical (unpaired) electrons. The molecule has 4 rings (SSSR count). The third-order valence-electron chi connectivity index (χ3n) is 6.92. The fourth-order valence-electron chi connectivity index (χ4n) is 5.62. The molecule has 0 unspecified atom stereocenters. The molecule has 2 amide bonds. The fraction of sp³-hybridized carbons (Fsp3) is 0.636. The largest absolute Gasteiger partial charge is 0.355 e. The fourth-order valence-corrected chi connectivity index (χ4v) is 5.62. The Morgan fingerprint density at radius 3 is 2.68 bits per heavy atom. The van der Waals surface area contributed by atoms with Crippen molar-refractivity contribution in [3.63, 3.8) is 0 Å². The first-order chi connectivity index (χ1) is 13.5. The number of nitrogens with two attached hydrogens (primary N) is 1. The Hall–Kier alpha value is -1.92. The van der Waals surface area contributed by atoms with Crippen molar-refractivity contribution < 1.29 is 9.59 Å². The summed E-state index contributed by atoms with van der Waals surface area (Å²) in [5.41, 5.74) is 7.20. The van der Waals surface area contributed by atoms with E-state index < -0.39 is 6.04 Å². The van der Waals surface area contributed by atoms with Crippen molar-refractivity contribution in [3.8, 4) is 0 Å². The quantitative estimate of drug-likeness (QED) is 0.825. The number of carbonyl (C=O) groups excluding carboxylic acids is 2. The van der Waals surface area contributed by atoms with Gasteiger partial charge in [-0.05, 0) is 43.2 Å². The van der Waals surface area contributed by atoms with Crippen molar-refractivity contribution in [1.82, 2.24) is 15.1 Å². The summed E-state index contributed by atoms with van der Waals surface area (Å²) < 4.78 is 0. The van der Waals surface area contributed by atoms with Crippen molar-refractivity contribution in [2.75, 3.05) is 26.2 Å². The average Bonchev–Trinajstić information content (AvgIpc) is 2.73. The standard InChI is InChI=1S/C22H32N4O2/c1-15(27)24-12-20-18-11-17(19-9-5-6-10-26(19)20)13-25(14-18)22(28)21(23)16-7-3-2-4-8-16/h2-4,7-8,17-21H,5-6,9-14,23H2,1H3,(H,24,27)/t17-,18+,19+,20+,21-/m1/s1. The highest BCUT2D eigenvalue weighted by molar-refractivity contribution is 5.83. The van der Waals surface area contributed by atoms with Crippen molar-refractivity contribution >= 4 is 11.8 Å². The van der Waals surface area contributed by atoms with Crippen LogP contribution < -0.4 is 11.1 Å². The molecule has 1 aromatic carbocycles. The molecule has 6 heteroatoms. The van der Waals surface area contributed by atoms with E-state index in [1.54, 1.807) is 6.92 Å². The number of nitrogens with one attached hydrogen (secondary N) is 1. The van der Waals surface area contributed by atoms with Crippen LogP contribution in [0.3, 0.4) is 0 Å². The molecule has 5 atom stereocenters. The lowest BCUT2D eigenvalue weighted by Crippen LogP contribution is -2.66. The Kier molecular flexibility index (Phi) is 5.69. The van der Waals surface area contributed by atoms with Crippen LogP contribution in [0.5, 0.6) is 0 Å². The molecule has 3 fully saturated rings. The van der Waals surface area contributed by atoms with E-state index in [0.717, 1.165) is 31.6 Å². The maximum Gasteiger partial charge on any atom is 0.244 e. The Bertz CT molecular complexity index is 710. The first-order valence-corrected chi connectivity index (χ1v) is 10.6. The minimum atomic E-state index is -0.601. The van der Waals surface area contributed by atoms with Gasteiger partial charge in [-0.1, -0.05) is 36.8 Å². The molecule has 0 aliphatic carbocycles. The monoisotopic (exact) mass is 384 g/mol. The maximum atomic E-state index is 13.2. The van der Waals surface area contributed by atoms with Gasteiger partial charge in [-0.15, -0.1) is 0 Å². The van der Waals surface area contributed by atoms with Gasteiger partial charge in [0.1, 0.15) is 6.04 Å². The molecule has 3 saturated heterocycles. The summed E-state index contributed by atoms with van der Waals surface area (Å²) in [4.78, 5) is 29.3. The lowest BCUT2D eigenvalue weighted by molar-refractivity contribution is -0.142. The molecule has 0 aromatic heterocycles. The van der Waals surface area contributed by atoms with E-state index in [-0.39, 0.29) is 11.8 Å². The van der Waals surface area contributed by atoms with E-state index in [2.05, 4.69) is 10.2 Å². The number of hydrogen-bond acceptors (Lipinski definition) is 4. The summed E-state index contributed by atoms with van der Waals surface area (Å²) in [6.45, 7) is 4.91. The van der Waals surface area contributed by atoms with Crippen molar-refractivity contribution in [2.24, 2.45) is 17.6 Å². The van der Waals surface area contributed by atoms with Crippen LogP contribution in [-0.2, 0) is 9.59 Å². The zero-order chi connectivity index (χ0) is 19.7. The number of rotatable bonds is 4. The van der Waals surface area contributed by atoms with E-state index in [9.17, 15) is 9.59 Å². The van der Waals surface area contributed by atoms with Gasteiger partial charge in [0.05, 0.1) is 0 Å². The lowest BCUT2D eigenvalue weighted by Gasteiger charge is -2.57. The molecular weight excluding hydrogens is 352 g/mol. The smallest absolute Gasteiger partial charge is 0.244 e. The Morgan fingerprint density at radius 1 is 1.18 bits per heavy atom. The second kappa shape index (κ2) is 8.21. The SMILES string of the molecule is CC(=O)NC[C@H]1[C@H]2C[C@H](CN(C(=O)[C@H](N)c3ccccc3)C2)[C@@H]2CCCCN21. The molecule has 6 nitrogen and oxygen atoms in total. The van der Waals surface area contributed by atoms with Crippen LogP contribution >= 0.6 is 0 Å². The van der Waals surface area contributed by atoms with Gasteiger partial charge in [-0.2, -0.15) is 0 Å². The van der Waals surface area contributed by atoms with E-state index in [1.807, 2.05) is 35.2 Å². The van der Waals surface area contributed by atoms with Crippen LogP contribution in [0.2, 0.25) is 0 Å². The van der Waals surface area contributed by atoms with Gasteiger partial charge >= 0.3 is 0 Å². The van der Waals surface area contributed by atoms with Gasteiger partial charge in [-0.3, -0.25) is 14.5 Å². The number of nitrogens with zero attached hydrogens (tertiary/aromatic N) is 2. The first kappa shape index (κ1) is 19.4. The molecule has 1 aromatic rings. The van der Waals surface area contributed by atoms with Gasteiger partial charge in [-0.25, -0.2) is 0 Å². The topological polar surface area (TPSA) is 78.7 Å². The molecule has 0 spiro atoms. The zero-order valence-electron chi connectivity index (χ0n) is 16.7. The maximum absolute atomic E-state index is 13.2. The normalized spacial score (nSPS) is 31.0. The van der Waals surface area contributed by atoms with Gasteiger partial charge in [0.25, 0.3) is 0 Å². The van der Waals surface area contributed by atoms with Crippen molar-refractivity contribution in [1.29, 1.82) is 0 Å². The number of amides is 2. The van der Waals surface area contributed by atoms with Gasteiger partial charge in [0, 0.05) is 38.6 Å². The predicted octanol–water partition coefficient (Wildman–Crippen LogP) is 1.52. The summed E-state index contributed by atoms with van der Waals surface area (Å²) in [6, 6.07) is 9.88. The Labute approximate surface area is 167 Å². The van der Waals surface area contributed by atoms with E-state index >= 15 is 0 Å². The average molecular weight is 385 g/mol. The third-order valence-corrected chi connectivity index (χ3v) is 6.92. The summed E-state index contributed by atoms with van der Waals surface area (Å²) in [5, 5.41) is 3.04. The number of likely N-dealkylation sites (tertiary alicyclic amines) is 1. The minimum absolute atomic E-state index is 0.0190. The molecule has 3 aliphatic heterocycles. The van der Waals surface area contributed by atoms with Crippen LogP contribution in [0, 0.1) is 11.8 Å². The molecular formula is C22H32N4O2. The summed E-state index contributed by atoms with van der Waals surface area (Å²) in [6.07, 6.45) is 4.83. The zero-order valence-corrected chi connectivity index (χ0v) is 16.7. The van der Waals surface area contributed by atoms with Crippen LogP contribution in [0.25, 0.3) is 0 Å². The number of fused-ring (bicyclic) bond motifs is 4. The molecule has 28 heavy (non-hydrogen) atoms. The second-order valence-corrected chi connectivity index (χ2v) is 8.69. The van der Waals surface area contributed by atoms with E-state index in [0.29, 0.717) is 30.5 Å². The highest BCUT2D eigenvalue weighted by Crippen LogP contribution is 2.41. The molecule has 3 aliphatic rings. The van der Waals surface area contributed by atoms with Gasteiger partial charge < -0.3 is 16.0 Å². The summed E-state index contributed by atoms with van der Waals surface area (Å²) in [5.74, 6) is 0.959. The van der Waals surface area contributed by atoms with E-state index in [1.165, 1.54) is 19.3 Å². The molecule has 0 saturated carbocycles. The van der Waals surface area contributed by atoms with Gasteiger partial charge in [0.15, 0.2) is 0 Å². The van der Waals surface area contributed by atoms with Crippen LogP contribution in [0.1, 0.15) is 44.2 Å². The van der Waals surface area contributed by atoms with Gasteiger partial charge in [0.2, 0.25) is 11.8 Å². The molecule has 152 valence electrons. The number of piperidine rings is 3. The lowest BCUT2D eigenvalue weighted by atomic mass is 9.72. The van der Waals surface area contributed by atoms with Crippen LogP contribution in [-0.4, -0.2) is 59.9 Å². The van der Waals surface area contributed by atoms with Crippen molar-refractivity contribution in [3.05, 3.63) is 35.9 Å². The second-order valence-electron chi connectivity index (χ2n) is 8.69. The number of hydrogen-bond donors (Lipinski definition) is 2. The third kappa shape index (κ3) is 3.80. The minimum Gasteiger partial charge on any atom is -0.355 e. The number of carbonyl (C=O) groups is 2. The molecule has 3 N–H and O–H groups in total. The van der Waals surface area contributed by atoms with Crippen molar-refractivity contribution in [2.45, 2.75) is 50.7 Å². The number of benzene rings is 1. The first-order valence-electron chi connectivity index (χ1n) is 10.6. The Balaban J connectivity index is 1.52. The Morgan fingerprint density at radius 2 is 1.93 bits per heavy atom. The summed E-state index contributed by atoms with van der Waals surface area (Å²) in [7, 11) is 0. The predicted molar refractivity (Wildman–Crippen MR) is 108 cm³/mol. The van der Waals surface area contributed by atoms with Crippen LogP contribution in [0.15, 0.2) is 30.3 Å². The van der Waals surface area contributed by atoms with Crippen LogP contribution in [0.4, 0.5) is 0 Å². The molecule has 3 heterocycles. The van der Waals surface area contributed by atoms with E-state index in [4.69, 9.17) is 5.73 Å². The molecule has 2 bridgehead atoms. The highest BCUT2D eigenvalue weighted by atomic mass is 16.2. The highest BCUT2D eigenvalue weighted by Gasteiger charge is 2.48.